The van der Waals surface area contributed by atoms with E-state index >= 15 is 0 Å². The molecule has 1 unspecified atom stereocenters. The van der Waals surface area contributed by atoms with Crippen LogP contribution in [-0.2, 0) is 30.5 Å². The number of hydroxylamine groups is 3. The lowest BCUT2D eigenvalue weighted by atomic mass is 9.85. The summed E-state index contributed by atoms with van der Waals surface area (Å²) >= 11 is 0. The molecule has 2 N–H and O–H groups in total. The Bertz CT molecular complexity index is 1620. The molecule has 6 rings (SSSR count). The van der Waals surface area contributed by atoms with Gasteiger partial charge in [-0.25, -0.2) is 19.4 Å². The number of carbonyl (C=O) groups is 4. The number of carbonyl (C=O) groups excluding carboxylic acids is 4. The number of para-hydroxylation sites is 1. The number of benzene rings is 2. The van der Waals surface area contributed by atoms with Gasteiger partial charge in [0.1, 0.15) is 5.69 Å². The van der Waals surface area contributed by atoms with E-state index in [1.165, 1.54) is 0 Å². The summed E-state index contributed by atoms with van der Waals surface area (Å²) in [6, 6.07) is 15.4. The lowest BCUT2D eigenvalue weighted by Gasteiger charge is -2.39. The van der Waals surface area contributed by atoms with E-state index in [2.05, 4.69) is 4.98 Å². The standard InChI is InChI=1S/C31H32N4O9/c1-20-27-26(22-9-5-6-10-23(22)32-20)35-29(39)34(43-25(37)19-31(41,28(38)44-35)18-24(36)42-27)16-15-33-13-11-30(40,12-14-33)17-21-7-3-2-4-8-21/h2-10,40-41H,11-19H2,1H3. The molecule has 2 aromatic carbocycles. The molecule has 0 radical (unpaired) electrons. The first-order chi connectivity index (χ1) is 21.0. The van der Waals surface area contributed by atoms with Crippen molar-refractivity contribution in [3.8, 4) is 5.75 Å². The van der Waals surface area contributed by atoms with Crippen LogP contribution < -0.4 is 9.80 Å². The van der Waals surface area contributed by atoms with Crippen LogP contribution in [0.1, 0.15) is 36.9 Å². The van der Waals surface area contributed by atoms with Crippen molar-refractivity contribution in [2.45, 2.75) is 50.2 Å². The summed E-state index contributed by atoms with van der Waals surface area (Å²) < 4.78 is 5.55. The molecule has 2 bridgehead atoms. The SMILES string of the molecule is Cc1nc2ccccc2c2c1OC(=O)CC1(O)CC(=O)ON(CCN3CCC(O)(Cc4ccccc4)CC3)C(=O)N2OC1=O. The minimum Gasteiger partial charge on any atom is -0.422 e. The number of rotatable bonds is 5. The highest BCUT2D eigenvalue weighted by molar-refractivity contribution is 6.06. The number of esters is 1. The average Bonchev–Trinajstić information content (AvgIpc) is 3.04. The molecule has 2 amide bonds. The molecule has 1 atom stereocenters. The van der Waals surface area contributed by atoms with Crippen LogP contribution in [0.2, 0.25) is 0 Å². The molecule has 13 nitrogen and oxygen atoms in total. The number of nitrogens with zero attached hydrogens (tertiary/aromatic N) is 4. The van der Waals surface area contributed by atoms with Crippen LogP contribution in [0.5, 0.6) is 5.75 Å². The Morgan fingerprint density at radius 1 is 0.864 bits per heavy atom. The third-order valence-corrected chi connectivity index (χ3v) is 8.22. The summed E-state index contributed by atoms with van der Waals surface area (Å²) in [7, 11) is 0. The predicted octanol–water partition coefficient (Wildman–Crippen LogP) is 2.20. The normalized spacial score (nSPS) is 22.5. The molecule has 2 saturated heterocycles. The fourth-order valence-corrected chi connectivity index (χ4v) is 5.82. The van der Waals surface area contributed by atoms with Crippen molar-refractivity contribution >= 4 is 40.5 Å². The molecule has 4 heterocycles. The predicted molar refractivity (Wildman–Crippen MR) is 154 cm³/mol. The number of aliphatic hydroxyl groups is 2. The number of ether oxygens (including phenoxy) is 1. The number of anilines is 1. The minimum atomic E-state index is -2.65. The van der Waals surface area contributed by atoms with E-state index in [-0.39, 0.29) is 30.2 Å². The van der Waals surface area contributed by atoms with Crippen LogP contribution in [0.3, 0.4) is 0 Å². The van der Waals surface area contributed by atoms with Gasteiger partial charge in [0, 0.05) is 31.4 Å². The second kappa shape index (κ2) is 11.5. The number of aromatic nitrogens is 1. The number of pyridine rings is 1. The quantitative estimate of drug-likeness (QED) is 0.411. The van der Waals surface area contributed by atoms with Gasteiger partial charge in [0.25, 0.3) is 0 Å². The van der Waals surface area contributed by atoms with Gasteiger partial charge in [-0.15, -0.1) is 10.1 Å². The van der Waals surface area contributed by atoms with E-state index in [0.717, 1.165) is 10.6 Å². The fourth-order valence-electron chi connectivity index (χ4n) is 5.82. The third kappa shape index (κ3) is 5.81. The van der Waals surface area contributed by atoms with Gasteiger partial charge in [-0.3, -0.25) is 4.79 Å². The number of likely N-dealkylation sites (tertiary alicyclic amines) is 1. The minimum absolute atomic E-state index is 0.101. The Morgan fingerprint density at radius 3 is 2.30 bits per heavy atom. The summed E-state index contributed by atoms with van der Waals surface area (Å²) in [4.78, 5) is 70.4. The average molecular weight is 605 g/mol. The van der Waals surface area contributed by atoms with E-state index in [4.69, 9.17) is 14.4 Å². The maximum Gasteiger partial charge on any atom is 0.391 e. The van der Waals surface area contributed by atoms with Crippen LogP contribution in [0.4, 0.5) is 10.5 Å². The molecular weight excluding hydrogens is 572 g/mol. The van der Waals surface area contributed by atoms with Gasteiger partial charge in [-0.05, 0) is 31.4 Å². The smallest absolute Gasteiger partial charge is 0.391 e. The van der Waals surface area contributed by atoms with Crippen LogP contribution in [-0.4, -0.2) is 86.5 Å². The second-order valence-corrected chi connectivity index (χ2v) is 11.5. The molecule has 230 valence electrons. The van der Waals surface area contributed by atoms with Gasteiger partial charge >= 0.3 is 23.9 Å². The van der Waals surface area contributed by atoms with Crippen molar-refractivity contribution in [1.29, 1.82) is 0 Å². The summed E-state index contributed by atoms with van der Waals surface area (Å²) in [6.45, 7) is 2.78. The molecule has 0 aliphatic carbocycles. The largest absolute Gasteiger partial charge is 0.422 e. The Kier molecular flexibility index (Phi) is 7.70. The summed E-state index contributed by atoms with van der Waals surface area (Å²) in [5, 5.41) is 24.0. The third-order valence-electron chi connectivity index (χ3n) is 8.22. The van der Waals surface area contributed by atoms with Gasteiger partial charge in [-0.2, -0.15) is 0 Å². The zero-order chi connectivity index (χ0) is 31.1. The first-order valence-corrected chi connectivity index (χ1v) is 14.4. The molecule has 13 heteroatoms. The number of fused-ring (bicyclic) bond motifs is 7. The maximum absolute atomic E-state index is 14.1. The number of aryl methyl sites for hydroxylation is 1. The van der Waals surface area contributed by atoms with Crippen molar-refractivity contribution in [3.63, 3.8) is 0 Å². The van der Waals surface area contributed by atoms with Crippen molar-refractivity contribution in [1.82, 2.24) is 14.9 Å². The Hall–Kier alpha value is -4.59. The molecule has 2 fully saturated rings. The number of hydrogen-bond donors (Lipinski definition) is 2. The van der Waals surface area contributed by atoms with E-state index in [1.54, 1.807) is 31.2 Å². The van der Waals surface area contributed by atoms with Crippen LogP contribution >= 0.6 is 0 Å². The summed E-state index contributed by atoms with van der Waals surface area (Å²) in [5.41, 5.74) is -1.94. The highest BCUT2D eigenvalue weighted by Gasteiger charge is 2.50. The molecule has 0 saturated carbocycles. The molecular formula is C31H32N4O9. The fraction of sp³-hybridized carbons (Fsp3) is 0.387. The summed E-state index contributed by atoms with van der Waals surface area (Å²) in [6.07, 6.45) is -0.344. The molecule has 1 aromatic heterocycles. The van der Waals surface area contributed by atoms with E-state index < -0.39 is 48.0 Å². The van der Waals surface area contributed by atoms with Gasteiger partial charge in [-0.1, -0.05) is 48.5 Å². The number of hydrogen-bond acceptors (Lipinski definition) is 11. The molecule has 0 spiro atoms. The topological polar surface area (TPSA) is 159 Å². The maximum atomic E-state index is 14.1. The first-order valence-electron chi connectivity index (χ1n) is 14.4. The summed E-state index contributed by atoms with van der Waals surface area (Å²) in [5.74, 6) is -3.66. The van der Waals surface area contributed by atoms with E-state index in [9.17, 15) is 29.4 Å². The van der Waals surface area contributed by atoms with E-state index in [0.29, 0.717) is 48.3 Å². The number of amides is 2. The Morgan fingerprint density at radius 2 is 1.55 bits per heavy atom. The first kappa shape index (κ1) is 29.5. The van der Waals surface area contributed by atoms with Gasteiger partial charge in [0.05, 0.1) is 36.2 Å². The monoisotopic (exact) mass is 604 g/mol. The van der Waals surface area contributed by atoms with Gasteiger partial charge in [0.2, 0.25) is 0 Å². The second-order valence-electron chi connectivity index (χ2n) is 11.5. The highest BCUT2D eigenvalue weighted by atomic mass is 16.8. The number of urea groups is 1. The lowest BCUT2D eigenvalue weighted by Crippen LogP contribution is -2.50. The van der Waals surface area contributed by atoms with E-state index in [1.807, 2.05) is 35.2 Å². The molecule has 3 aliphatic heterocycles. The Balaban J connectivity index is 1.28. The zero-order valence-electron chi connectivity index (χ0n) is 24.1. The molecule has 3 aliphatic rings. The molecule has 44 heavy (non-hydrogen) atoms. The van der Waals surface area contributed by atoms with Crippen molar-refractivity contribution in [3.05, 3.63) is 65.9 Å². The number of piperidine rings is 1. The van der Waals surface area contributed by atoms with Crippen molar-refractivity contribution < 1.29 is 43.8 Å². The van der Waals surface area contributed by atoms with Gasteiger partial charge < -0.3 is 29.5 Å². The highest BCUT2D eigenvalue weighted by Crippen LogP contribution is 2.41. The lowest BCUT2D eigenvalue weighted by molar-refractivity contribution is -0.185. The zero-order valence-corrected chi connectivity index (χ0v) is 24.1. The van der Waals surface area contributed by atoms with Crippen LogP contribution in [0.15, 0.2) is 54.6 Å². The Labute approximate surface area is 252 Å². The van der Waals surface area contributed by atoms with Crippen LogP contribution in [0, 0.1) is 6.92 Å². The van der Waals surface area contributed by atoms with Gasteiger partial charge in [0.15, 0.2) is 11.4 Å². The van der Waals surface area contributed by atoms with Crippen molar-refractivity contribution in [2.75, 3.05) is 31.2 Å². The molecule has 3 aromatic rings. The van der Waals surface area contributed by atoms with Crippen LogP contribution in [0.25, 0.3) is 10.9 Å². The van der Waals surface area contributed by atoms with Crippen molar-refractivity contribution in [2.24, 2.45) is 0 Å².